The molecular formula is C25H34ClN3O4S. The summed E-state index contributed by atoms with van der Waals surface area (Å²) >= 11 is 5.92. The Hall–Kier alpha value is -2.58. The number of halogens is 1. The first kappa shape index (κ1) is 27.7. The molecule has 0 spiro atoms. The summed E-state index contributed by atoms with van der Waals surface area (Å²) in [6.45, 7) is 7.85. The zero-order chi connectivity index (χ0) is 25.5. The topological polar surface area (TPSA) is 86.8 Å². The van der Waals surface area contributed by atoms with Gasteiger partial charge in [0.2, 0.25) is 21.8 Å². The van der Waals surface area contributed by atoms with E-state index in [9.17, 15) is 18.0 Å². The van der Waals surface area contributed by atoms with Gasteiger partial charge in [0, 0.05) is 30.6 Å². The van der Waals surface area contributed by atoms with Crippen LogP contribution >= 0.6 is 11.6 Å². The fourth-order valence-corrected chi connectivity index (χ4v) is 4.70. The van der Waals surface area contributed by atoms with E-state index >= 15 is 0 Å². The lowest BCUT2D eigenvalue weighted by Crippen LogP contribution is -2.49. The Balaban J connectivity index is 2.16. The molecule has 2 aromatic carbocycles. The van der Waals surface area contributed by atoms with Crippen LogP contribution in [0.2, 0.25) is 5.02 Å². The average molecular weight is 508 g/mol. The largest absolute Gasteiger partial charge is 0.352 e. The molecular weight excluding hydrogens is 474 g/mol. The molecule has 0 bridgehead atoms. The third-order valence-corrected chi connectivity index (χ3v) is 6.75. The van der Waals surface area contributed by atoms with E-state index in [1.54, 1.807) is 36.1 Å². The highest BCUT2D eigenvalue weighted by Crippen LogP contribution is 2.21. The van der Waals surface area contributed by atoms with Crippen LogP contribution in [0.4, 0.5) is 5.69 Å². The van der Waals surface area contributed by atoms with Crippen molar-refractivity contribution in [1.82, 2.24) is 10.2 Å². The second kappa shape index (κ2) is 12.2. The van der Waals surface area contributed by atoms with Crippen molar-refractivity contribution in [2.45, 2.75) is 59.2 Å². The molecule has 2 aromatic rings. The van der Waals surface area contributed by atoms with Crippen molar-refractivity contribution < 1.29 is 18.0 Å². The van der Waals surface area contributed by atoms with Gasteiger partial charge < -0.3 is 10.2 Å². The van der Waals surface area contributed by atoms with E-state index in [-0.39, 0.29) is 30.8 Å². The molecule has 0 heterocycles. The number of rotatable bonds is 11. The Bertz CT molecular complexity index is 1090. The van der Waals surface area contributed by atoms with Gasteiger partial charge >= 0.3 is 0 Å². The third-order valence-electron chi connectivity index (χ3n) is 5.30. The highest BCUT2D eigenvalue weighted by Gasteiger charge is 2.27. The number of sulfonamides is 1. The molecule has 2 rings (SSSR count). The predicted octanol–water partition coefficient (Wildman–Crippen LogP) is 4.14. The fraction of sp³-hybridized carbons (Fsp3) is 0.440. The van der Waals surface area contributed by atoms with E-state index in [4.69, 9.17) is 11.6 Å². The maximum Gasteiger partial charge on any atom is 0.242 e. The van der Waals surface area contributed by atoms with Crippen LogP contribution in [0.1, 0.15) is 44.7 Å². The molecule has 1 N–H and O–H groups in total. The number of nitrogens with one attached hydrogen (secondary N) is 1. The van der Waals surface area contributed by atoms with E-state index in [0.29, 0.717) is 23.7 Å². The van der Waals surface area contributed by atoms with Crippen LogP contribution in [0.15, 0.2) is 48.5 Å². The van der Waals surface area contributed by atoms with Gasteiger partial charge in [-0.3, -0.25) is 13.9 Å². The number of hydrogen-bond acceptors (Lipinski definition) is 4. The minimum absolute atomic E-state index is 0.0476. The molecule has 7 nitrogen and oxygen atoms in total. The smallest absolute Gasteiger partial charge is 0.242 e. The van der Waals surface area contributed by atoms with Crippen LogP contribution in [0, 0.1) is 6.92 Å². The van der Waals surface area contributed by atoms with Crippen molar-refractivity contribution in [2.24, 2.45) is 0 Å². The van der Waals surface area contributed by atoms with Gasteiger partial charge in [-0.1, -0.05) is 41.4 Å². The predicted molar refractivity (Wildman–Crippen MR) is 137 cm³/mol. The van der Waals surface area contributed by atoms with Gasteiger partial charge in [-0.2, -0.15) is 0 Å². The Morgan fingerprint density at radius 2 is 1.71 bits per heavy atom. The first-order valence-electron chi connectivity index (χ1n) is 11.3. The lowest BCUT2D eigenvalue weighted by Gasteiger charge is -2.30. The molecule has 186 valence electrons. The van der Waals surface area contributed by atoms with Gasteiger partial charge in [-0.05, 0) is 63.9 Å². The van der Waals surface area contributed by atoms with Gasteiger partial charge in [0.25, 0.3) is 0 Å². The minimum atomic E-state index is -3.54. The highest BCUT2D eigenvalue weighted by molar-refractivity contribution is 7.92. The number of carbonyl (C=O) groups excluding carboxylic acids is 2. The maximum absolute atomic E-state index is 13.2. The van der Waals surface area contributed by atoms with Crippen molar-refractivity contribution in [3.8, 4) is 0 Å². The van der Waals surface area contributed by atoms with Gasteiger partial charge in [0.15, 0.2) is 0 Å². The highest BCUT2D eigenvalue weighted by atomic mass is 35.5. The fourth-order valence-electron chi connectivity index (χ4n) is 3.61. The van der Waals surface area contributed by atoms with Crippen molar-refractivity contribution in [3.63, 3.8) is 0 Å². The molecule has 0 aliphatic rings. The molecule has 0 radical (unpaired) electrons. The minimum Gasteiger partial charge on any atom is -0.352 e. The normalized spacial score (nSPS) is 12.3. The summed E-state index contributed by atoms with van der Waals surface area (Å²) < 4.78 is 25.9. The average Bonchev–Trinajstić information content (AvgIpc) is 2.74. The third kappa shape index (κ3) is 8.33. The molecule has 0 aliphatic carbocycles. The Morgan fingerprint density at radius 3 is 2.26 bits per heavy atom. The van der Waals surface area contributed by atoms with Gasteiger partial charge in [-0.25, -0.2) is 8.42 Å². The number of nitrogens with zero attached hydrogens (tertiary/aromatic N) is 2. The second-order valence-electron chi connectivity index (χ2n) is 8.77. The lowest BCUT2D eigenvalue weighted by atomic mass is 10.1. The summed E-state index contributed by atoms with van der Waals surface area (Å²) in [6, 6.07) is 13.6. The molecule has 0 unspecified atom stereocenters. The molecule has 0 aromatic heterocycles. The molecule has 34 heavy (non-hydrogen) atoms. The zero-order valence-corrected chi connectivity index (χ0v) is 22.0. The van der Waals surface area contributed by atoms with Crippen molar-refractivity contribution in [3.05, 3.63) is 64.7 Å². The molecule has 2 amide bonds. The van der Waals surface area contributed by atoms with Crippen molar-refractivity contribution >= 4 is 39.1 Å². The molecule has 0 fully saturated rings. The summed E-state index contributed by atoms with van der Waals surface area (Å²) in [4.78, 5) is 27.5. The molecule has 1 atom stereocenters. The SMILES string of the molecule is Cc1cccc(CN(C(=O)CCCN(c2ccc(Cl)cc2)S(C)(=O)=O)[C@@H](C)C(=O)NC(C)C)c1. The van der Waals surface area contributed by atoms with Crippen molar-refractivity contribution in [1.29, 1.82) is 0 Å². The van der Waals surface area contributed by atoms with Crippen LogP contribution in [0.3, 0.4) is 0 Å². The first-order valence-corrected chi connectivity index (χ1v) is 13.5. The van der Waals surface area contributed by atoms with Crippen LogP contribution in [-0.2, 0) is 26.2 Å². The summed E-state index contributed by atoms with van der Waals surface area (Å²) in [6.07, 6.45) is 1.54. The van der Waals surface area contributed by atoms with Crippen LogP contribution < -0.4 is 9.62 Å². The van der Waals surface area contributed by atoms with Crippen LogP contribution in [0.25, 0.3) is 0 Å². The molecule has 9 heteroatoms. The standard InChI is InChI=1S/C25H34ClN3O4S/c1-18(2)27-25(31)20(4)28(17-21-9-6-8-19(3)16-21)24(30)10-7-15-29(34(5,32)33)23-13-11-22(26)12-14-23/h6,8-9,11-14,16,18,20H,7,10,15,17H2,1-5H3,(H,27,31)/t20-/m0/s1. The zero-order valence-electron chi connectivity index (χ0n) is 20.4. The quantitative estimate of drug-likeness (QED) is 0.495. The van der Waals surface area contributed by atoms with E-state index in [1.807, 2.05) is 45.0 Å². The molecule has 0 saturated heterocycles. The van der Waals surface area contributed by atoms with Crippen LogP contribution in [0.5, 0.6) is 0 Å². The molecule has 0 aliphatic heterocycles. The first-order chi connectivity index (χ1) is 15.9. The molecule has 0 saturated carbocycles. The van der Waals surface area contributed by atoms with E-state index < -0.39 is 16.1 Å². The van der Waals surface area contributed by atoms with E-state index in [0.717, 1.165) is 17.4 Å². The summed E-state index contributed by atoms with van der Waals surface area (Å²) in [5.41, 5.74) is 2.48. The second-order valence-corrected chi connectivity index (χ2v) is 11.1. The van der Waals surface area contributed by atoms with E-state index in [2.05, 4.69) is 5.32 Å². The summed E-state index contributed by atoms with van der Waals surface area (Å²) in [5.74, 6) is -0.438. The number of hydrogen-bond donors (Lipinski definition) is 1. The van der Waals surface area contributed by atoms with Gasteiger partial charge in [0.1, 0.15) is 6.04 Å². The Kier molecular flexibility index (Phi) is 9.94. The van der Waals surface area contributed by atoms with E-state index in [1.165, 1.54) is 4.31 Å². The number of anilines is 1. The van der Waals surface area contributed by atoms with Gasteiger partial charge in [-0.15, -0.1) is 0 Å². The van der Waals surface area contributed by atoms with Crippen LogP contribution in [-0.4, -0.2) is 50.0 Å². The lowest BCUT2D eigenvalue weighted by molar-refractivity contribution is -0.140. The summed E-state index contributed by atoms with van der Waals surface area (Å²) in [7, 11) is -3.54. The Labute approximate surface area is 208 Å². The van der Waals surface area contributed by atoms with Gasteiger partial charge in [0.05, 0.1) is 11.9 Å². The maximum atomic E-state index is 13.2. The number of aryl methyl sites for hydroxylation is 1. The number of carbonyl (C=O) groups is 2. The monoisotopic (exact) mass is 507 g/mol. The number of benzene rings is 2. The number of amides is 2. The van der Waals surface area contributed by atoms with Crippen molar-refractivity contribution in [2.75, 3.05) is 17.1 Å². The summed E-state index contributed by atoms with van der Waals surface area (Å²) in [5, 5.41) is 3.37. The Morgan fingerprint density at radius 1 is 1.06 bits per heavy atom.